The van der Waals surface area contributed by atoms with Gasteiger partial charge in [-0.2, -0.15) is 0 Å². The summed E-state index contributed by atoms with van der Waals surface area (Å²) in [7, 11) is 5.21. The van der Waals surface area contributed by atoms with E-state index in [-0.39, 0.29) is 30.1 Å². The van der Waals surface area contributed by atoms with Crippen molar-refractivity contribution in [2.24, 2.45) is 4.99 Å². The lowest BCUT2D eigenvalue weighted by molar-refractivity contribution is 0.128. The molecule has 1 atom stereocenters. The number of halogens is 1. The molecule has 160 valence electrons. The van der Waals surface area contributed by atoms with Crippen LogP contribution in [0.1, 0.15) is 19.8 Å². The van der Waals surface area contributed by atoms with E-state index in [0.717, 1.165) is 56.5 Å². The molecular weight excluding hydrogens is 471 g/mol. The van der Waals surface area contributed by atoms with Crippen LogP contribution >= 0.6 is 24.0 Å². The summed E-state index contributed by atoms with van der Waals surface area (Å²) in [4.78, 5) is 6.79. The topological polar surface area (TPSA) is 67.4 Å². The van der Waals surface area contributed by atoms with Crippen molar-refractivity contribution in [3.63, 3.8) is 0 Å². The third-order valence-electron chi connectivity index (χ3n) is 4.72. The zero-order chi connectivity index (χ0) is 19.5. The highest BCUT2D eigenvalue weighted by atomic mass is 127. The van der Waals surface area contributed by atoms with Crippen molar-refractivity contribution in [3.05, 3.63) is 24.3 Å². The van der Waals surface area contributed by atoms with E-state index in [1.807, 2.05) is 31.2 Å². The largest absolute Gasteiger partial charge is 0.497 e. The molecule has 7 nitrogen and oxygen atoms in total. The quantitative estimate of drug-likeness (QED) is 0.305. The number of nitrogens with zero attached hydrogens (tertiary/aromatic N) is 2. The molecule has 1 aliphatic heterocycles. The minimum Gasteiger partial charge on any atom is -0.497 e. The van der Waals surface area contributed by atoms with Gasteiger partial charge in [0, 0.05) is 39.8 Å². The standard InChI is InChI=1S/C20H34N4O3.HI/c1-16(27-19-7-5-18(26-4)6-8-19)15-22-20(21-2)23-17-9-11-24(12-10-17)13-14-25-3;/h5-8,16-17H,9-15H2,1-4H3,(H2,21,22,23);1H. The lowest BCUT2D eigenvalue weighted by Gasteiger charge is -2.33. The van der Waals surface area contributed by atoms with Gasteiger partial charge in [0.15, 0.2) is 5.96 Å². The Morgan fingerprint density at radius 2 is 1.82 bits per heavy atom. The van der Waals surface area contributed by atoms with Gasteiger partial charge < -0.3 is 29.7 Å². The highest BCUT2D eigenvalue weighted by Gasteiger charge is 2.19. The lowest BCUT2D eigenvalue weighted by atomic mass is 10.1. The fraction of sp³-hybridized carbons (Fsp3) is 0.650. The van der Waals surface area contributed by atoms with Crippen LogP contribution in [0.25, 0.3) is 0 Å². The summed E-state index contributed by atoms with van der Waals surface area (Å²) in [6.07, 6.45) is 2.25. The fourth-order valence-corrected chi connectivity index (χ4v) is 3.08. The highest BCUT2D eigenvalue weighted by Crippen LogP contribution is 2.18. The fourth-order valence-electron chi connectivity index (χ4n) is 3.08. The van der Waals surface area contributed by atoms with Crippen molar-refractivity contribution >= 4 is 29.9 Å². The normalized spacial score (nSPS) is 16.8. The zero-order valence-corrected chi connectivity index (χ0v) is 19.8. The minimum absolute atomic E-state index is 0. The Kier molecular flexibility index (Phi) is 12.2. The number of nitrogens with one attached hydrogen (secondary N) is 2. The van der Waals surface area contributed by atoms with Gasteiger partial charge in [-0.05, 0) is 44.0 Å². The average molecular weight is 506 g/mol. The van der Waals surface area contributed by atoms with E-state index in [1.54, 1.807) is 21.3 Å². The van der Waals surface area contributed by atoms with Crippen LogP contribution in [0.3, 0.4) is 0 Å². The summed E-state index contributed by atoms with van der Waals surface area (Å²) in [5, 5.41) is 6.89. The molecule has 2 N–H and O–H groups in total. The third kappa shape index (κ3) is 8.83. The number of benzene rings is 1. The van der Waals surface area contributed by atoms with Gasteiger partial charge >= 0.3 is 0 Å². The molecule has 1 heterocycles. The Hall–Kier alpha value is -1.26. The summed E-state index contributed by atoms with van der Waals surface area (Å²) in [5.41, 5.74) is 0. The molecule has 1 aromatic rings. The molecule has 0 aliphatic carbocycles. The van der Waals surface area contributed by atoms with Crippen LogP contribution in [-0.4, -0.2) is 77.1 Å². The lowest BCUT2D eigenvalue weighted by Crippen LogP contribution is -2.50. The predicted octanol–water partition coefficient (Wildman–Crippen LogP) is 2.36. The molecule has 8 heteroatoms. The molecule has 1 fully saturated rings. The van der Waals surface area contributed by atoms with E-state index in [4.69, 9.17) is 14.2 Å². The first-order valence-corrected chi connectivity index (χ1v) is 9.63. The van der Waals surface area contributed by atoms with Gasteiger partial charge in [0.05, 0.1) is 20.3 Å². The molecule has 1 saturated heterocycles. The van der Waals surface area contributed by atoms with Crippen molar-refractivity contribution in [1.29, 1.82) is 0 Å². The van der Waals surface area contributed by atoms with Crippen LogP contribution < -0.4 is 20.1 Å². The molecule has 0 amide bonds. The molecular formula is C20H35IN4O3. The van der Waals surface area contributed by atoms with Gasteiger partial charge in [0.2, 0.25) is 0 Å². The number of methoxy groups -OCH3 is 2. The number of hydrogen-bond donors (Lipinski definition) is 2. The molecule has 28 heavy (non-hydrogen) atoms. The smallest absolute Gasteiger partial charge is 0.191 e. The van der Waals surface area contributed by atoms with E-state index in [9.17, 15) is 0 Å². The van der Waals surface area contributed by atoms with Crippen LogP contribution in [0.15, 0.2) is 29.3 Å². The number of likely N-dealkylation sites (tertiary alicyclic amines) is 1. The SMILES string of the molecule is CN=C(NCC(C)Oc1ccc(OC)cc1)NC1CCN(CCOC)CC1.I. The summed E-state index contributed by atoms with van der Waals surface area (Å²) < 4.78 is 16.3. The van der Waals surface area contributed by atoms with Crippen molar-refractivity contribution in [1.82, 2.24) is 15.5 Å². The van der Waals surface area contributed by atoms with Gasteiger partial charge in [-0.1, -0.05) is 0 Å². The maximum absolute atomic E-state index is 5.93. The molecule has 1 aromatic carbocycles. The number of aliphatic imine (C=N–C) groups is 1. The van der Waals surface area contributed by atoms with Crippen molar-refractivity contribution < 1.29 is 14.2 Å². The molecule has 0 saturated carbocycles. The molecule has 1 aliphatic rings. The van der Waals surface area contributed by atoms with Crippen LogP contribution in [0, 0.1) is 0 Å². The monoisotopic (exact) mass is 506 g/mol. The summed E-state index contributed by atoms with van der Waals surface area (Å²) >= 11 is 0. The molecule has 2 rings (SSSR count). The zero-order valence-electron chi connectivity index (χ0n) is 17.4. The van der Waals surface area contributed by atoms with E-state index in [2.05, 4.69) is 20.5 Å². The second kappa shape index (κ2) is 13.8. The molecule has 0 bridgehead atoms. The van der Waals surface area contributed by atoms with Crippen LogP contribution in [-0.2, 0) is 4.74 Å². The number of piperidine rings is 1. The minimum atomic E-state index is 0. The Bertz CT molecular complexity index is 563. The van der Waals surface area contributed by atoms with Gasteiger partial charge in [0.1, 0.15) is 17.6 Å². The Balaban J connectivity index is 0.00000392. The van der Waals surface area contributed by atoms with E-state index in [0.29, 0.717) is 12.6 Å². The van der Waals surface area contributed by atoms with Crippen LogP contribution in [0.4, 0.5) is 0 Å². The number of hydrogen-bond acceptors (Lipinski definition) is 5. The predicted molar refractivity (Wildman–Crippen MR) is 124 cm³/mol. The Labute approximate surface area is 186 Å². The first-order chi connectivity index (χ1) is 13.1. The van der Waals surface area contributed by atoms with Crippen molar-refractivity contribution in [2.75, 3.05) is 54.1 Å². The van der Waals surface area contributed by atoms with E-state index < -0.39 is 0 Å². The van der Waals surface area contributed by atoms with E-state index in [1.165, 1.54) is 0 Å². The van der Waals surface area contributed by atoms with Crippen molar-refractivity contribution in [2.45, 2.75) is 31.9 Å². The van der Waals surface area contributed by atoms with Crippen LogP contribution in [0.2, 0.25) is 0 Å². The molecule has 0 spiro atoms. The number of guanidine groups is 1. The second-order valence-corrected chi connectivity index (χ2v) is 6.81. The summed E-state index contributed by atoms with van der Waals surface area (Å²) in [6, 6.07) is 8.08. The number of ether oxygens (including phenoxy) is 3. The molecule has 0 radical (unpaired) electrons. The summed E-state index contributed by atoms with van der Waals surface area (Å²) in [5.74, 6) is 2.48. The maximum atomic E-state index is 5.93. The molecule has 1 unspecified atom stereocenters. The first-order valence-electron chi connectivity index (χ1n) is 9.63. The summed E-state index contributed by atoms with van der Waals surface area (Å²) in [6.45, 7) is 6.71. The average Bonchev–Trinajstić information content (AvgIpc) is 2.71. The van der Waals surface area contributed by atoms with E-state index >= 15 is 0 Å². The van der Waals surface area contributed by atoms with Crippen LogP contribution in [0.5, 0.6) is 11.5 Å². The Morgan fingerprint density at radius 3 is 2.39 bits per heavy atom. The Morgan fingerprint density at radius 1 is 1.18 bits per heavy atom. The maximum Gasteiger partial charge on any atom is 0.191 e. The van der Waals surface area contributed by atoms with Crippen molar-refractivity contribution in [3.8, 4) is 11.5 Å². The first kappa shape index (κ1) is 24.8. The van der Waals surface area contributed by atoms with Gasteiger partial charge in [-0.15, -0.1) is 24.0 Å². The van der Waals surface area contributed by atoms with Gasteiger partial charge in [-0.25, -0.2) is 0 Å². The van der Waals surface area contributed by atoms with Gasteiger partial charge in [-0.3, -0.25) is 4.99 Å². The third-order valence-corrected chi connectivity index (χ3v) is 4.72. The number of rotatable bonds is 9. The highest BCUT2D eigenvalue weighted by molar-refractivity contribution is 14.0. The molecule has 0 aromatic heterocycles. The van der Waals surface area contributed by atoms with Gasteiger partial charge in [0.25, 0.3) is 0 Å². The second-order valence-electron chi connectivity index (χ2n) is 6.81.